The van der Waals surface area contributed by atoms with Crippen LogP contribution in [0.15, 0.2) is 23.3 Å². The van der Waals surface area contributed by atoms with Gasteiger partial charge < -0.3 is 15.2 Å². The molecular weight excluding hydrogens is 454 g/mol. The van der Waals surface area contributed by atoms with E-state index < -0.39 is 31.3 Å². The molecule has 1 fully saturated rings. The maximum Gasteiger partial charge on any atom is 0.405 e. The lowest BCUT2D eigenvalue weighted by Gasteiger charge is -2.42. The van der Waals surface area contributed by atoms with Crippen LogP contribution in [0.1, 0.15) is 50.4 Å². The van der Waals surface area contributed by atoms with Crippen molar-refractivity contribution >= 4 is 22.5 Å². The van der Waals surface area contributed by atoms with Gasteiger partial charge in [-0.25, -0.2) is 9.37 Å². The van der Waals surface area contributed by atoms with Gasteiger partial charge in [0.05, 0.1) is 11.1 Å². The number of halogens is 4. The number of nitrogens with zero attached hydrogens (tertiary/aromatic N) is 2. The topological polar surface area (TPSA) is 90.8 Å². The number of ether oxygens (including phenoxy) is 1. The van der Waals surface area contributed by atoms with E-state index in [0.717, 1.165) is 16.5 Å². The minimum atomic E-state index is -4.33. The molecule has 1 saturated carbocycles. The molecule has 1 aliphatic heterocycles. The highest BCUT2D eigenvalue weighted by Crippen LogP contribution is 2.35. The summed E-state index contributed by atoms with van der Waals surface area (Å²) in [7, 11) is 0. The van der Waals surface area contributed by atoms with Crippen LogP contribution in [0, 0.1) is 6.92 Å². The van der Waals surface area contributed by atoms with Crippen molar-refractivity contribution in [3.63, 3.8) is 0 Å². The molecule has 0 amide bonds. The molecule has 186 valence electrons. The maximum absolute atomic E-state index is 12.8. The molecule has 1 unspecified atom stereocenters. The normalized spacial score (nSPS) is 24.9. The first-order valence-corrected chi connectivity index (χ1v) is 11.1. The fourth-order valence-electron chi connectivity index (χ4n) is 4.25. The summed E-state index contributed by atoms with van der Waals surface area (Å²) in [5.74, 6) is 0.265. The van der Waals surface area contributed by atoms with Crippen LogP contribution >= 0.6 is 0 Å². The molecule has 1 aromatic heterocycles. The standard InChI is InChI=1S/C23H29F4N5O2/c1-12-5-17(19-31-32-20(34-19)29-14-8-22(33,9-14)10-24)30-18-15(12)6-13(28-11-23(25,26)27)7-16(18)21(2,3)4/h5-7,14,20,28-29,32-33H,8-11H2,1-4H3/t14-,20?,22+. The summed E-state index contributed by atoms with van der Waals surface area (Å²) in [6, 6.07) is 5.04. The molecule has 2 heterocycles. The van der Waals surface area contributed by atoms with E-state index in [2.05, 4.69) is 21.2 Å². The van der Waals surface area contributed by atoms with Crippen molar-refractivity contribution in [3.8, 4) is 0 Å². The zero-order chi connectivity index (χ0) is 24.9. The Morgan fingerprint density at radius 1 is 1.21 bits per heavy atom. The maximum atomic E-state index is 12.8. The van der Waals surface area contributed by atoms with Crippen LogP contribution in [0.2, 0.25) is 0 Å². The number of aryl methyl sites for hydroxylation is 1. The van der Waals surface area contributed by atoms with E-state index >= 15 is 0 Å². The van der Waals surface area contributed by atoms with Gasteiger partial charge in [0.1, 0.15) is 18.9 Å². The zero-order valence-electron chi connectivity index (χ0n) is 19.5. The van der Waals surface area contributed by atoms with E-state index in [1.54, 1.807) is 18.2 Å². The summed E-state index contributed by atoms with van der Waals surface area (Å²) in [5.41, 5.74) is 4.30. The molecule has 34 heavy (non-hydrogen) atoms. The number of aliphatic hydroxyl groups is 1. The molecule has 7 nitrogen and oxygen atoms in total. The summed E-state index contributed by atoms with van der Waals surface area (Å²) >= 11 is 0. The number of alkyl halides is 4. The molecule has 2 aromatic rings. The summed E-state index contributed by atoms with van der Waals surface area (Å²) in [6.07, 6.45) is -4.40. The third-order valence-corrected chi connectivity index (χ3v) is 6.04. The molecule has 0 bridgehead atoms. The highest BCUT2D eigenvalue weighted by Gasteiger charge is 2.44. The van der Waals surface area contributed by atoms with Crippen molar-refractivity contribution in [1.82, 2.24) is 15.7 Å². The van der Waals surface area contributed by atoms with Gasteiger partial charge in [0.2, 0.25) is 6.35 Å². The number of benzene rings is 1. The van der Waals surface area contributed by atoms with E-state index in [1.807, 2.05) is 27.7 Å². The van der Waals surface area contributed by atoms with Crippen LogP contribution in [-0.2, 0) is 10.2 Å². The highest BCUT2D eigenvalue weighted by molar-refractivity contribution is 5.98. The molecule has 4 rings (SSSR count). The first kappa shape index (κ1) is 24.5. The number of hydrazone groups is 1. The Labute approximate surface area is 195 Å². The molecule has 0 radical (unpaired) electrons. The van der Waals surface area contributed by atoms with E-state index in [0.29, 0.717) is 16.9 Å². The Morgan fingerprint density at radius 2 is 1.91 bits per heavy atom. The van der Waals surface area contributed by atoms with Gasteiger partial charge in [-0.2, -0.15) is 13.2 Å². The third-order valence-electron chi connectivity index (χ3n) is 6.04. The average molecular weight is 484 g/mol. The lowest BCUT2D eigenvalue weighted by atomic mass is 9.77. The predicted molar refractivity (Wildman–Crippen MR) is 121 cm³/mol. The SMILES string of the molecule is Cc1cc(C2=NNC(N[C@H]3C[C@](O)(CF)C3)O2)nc2c(C(C)(C)C)cc(NCC(F)(F)F)cc12. The van der Waals surface area contributed by atoms with Gasteiger partial charge in [0, 0.05) is 17.1 Å². The Balaban J connectivity index is 1.58. The molecule has 0 spiro atoms. The fourth-order valence-corrected chi connectivity index (χ4v) is 4.25. The average Bonchev–Trinajstić information content (AvgIpc) is 3.18. The van der Waals surface area contributed by atoms with Crippen LogP contribution in [-0.4, -0.2) is 53.4 Å². The first-order valence-electron chi connectivity index (χ1n) is 11.1. The Kier molecular flexibility index (Phi) is 6.14. The van der Waals surface area contributed by atoms with Gasteiger partial charge in [-0.3, -0.25) is 10.7 Å². The summed E-state index contributed by atoms with van der Waals surface area (Å²) in [5, 5.41) is 20.4. The van der Waals surface area contributed by atoms with Crippen LogP contribution in [0.25, 0.3) is 10.9 Å². The lowest BCUT2D eigenvalue weighted by molar-refractivity contribution is -0.115. The number of rotatable bonds is 6. The van der Waals surface area contributed by atoms with Gasteiger partial charge in [0.15, 0.2) is 0 Å². The molecule has 0 saturated heterocycles. The van der Waals surface area contributed by atoms with Gasteiger partial charge >= 0.3 is 6.18 Å². The monoisotopic (exact) mass is 483 g/mol. The number of aromatic nitrogens is 1. The van der Waals surface area contributed by atoms with Crippen molar-refractivity contribution in [1.29, 1.82) is 0 Å². The predicted octanol–water partition coefficient (Wildman–Crippen LogP) is 3.83. The largest absolute Gasteiger partial charge is 0.436 e. The number of hydrogen-bond acceptors (Lipinski definition) is 7. The first-order chi connectivity index (χ1) is 15.8. The molecule has 2 aliphatic rings. The number of hydrogen-bond donors (Lipinski definition) is 4. The second kappa shape index (κ2) is 8.53. The quantitative estimate of drug-likeness (QED) is 0.467. The van der Waals surface area contributed by atoms with Crippen molar-refractivity contribution in [2.24, 2.45) is 5.10 Å². The van der Waals surface area contributed by atoms with Crippen molar-refractivity contribution in [2.75, 3.05) is 18.5 Å². The van der Waals surface area contributed by atoms with Crippen molar-refractivity contribution in [3.05, 3.63) is 35.0 Å². The van der Waals surface area contributed by atoms with E-state index in [9.17, 15) is 22.7 Å². The smallest absolute Gasteiger partial charge is 0.405 e. The number of pyridine rings is 1. The minimum absolute atomic E-state index is 0.103. The lowest BCUT2D eigenvalue weighted by Crippen LogP contribution is -2.59. The van der Waals surface area contributed by atoms with Gasteiger partial charge in [-0.1, -0.05) is 20.8 Å². The molecule has 1 aliphatic carbocycles. The Hall–Kier alpha value is -2.66. The molecule has 1 aromatic carbocycles. The number of fused-ring (bicyclic) bond motifs is 1. The molecule has 1 atom stereocenters. The van der Waals surface area contributed by atoms with E-state index in [4.69, 9.17) is 9.72 Å². The second-order valence-electron chi connectivity index (χ2n) is 10.1. The molecular formula is C23H29F4N5O2. The van der Waals surface area contributed by atoms with Crippen molar-refractivity contribution in [2.45, 2.75) is 70.1 Å². The van der Waals surface area contributed by atoms with Crippen LogP contribution < -0.4 is 16.1 Å². The van der Waals surface area contributed by atoms with Gasteiger partial charge in [-0.15, -0.1) is 5.10 Å². The van der Waals surface area contributed by atoms with Crippen molar-refractivity contribution < 1.29 is 27.4 Å². The Bertz CT molecular complexity index is 1110. The highest BCUT2D eigenvalue weighted by atomic mass is 19.4. The Morgan fingerprint density at radius 3 is 2.53 bits per heavy atom. The summed E-state index contributed by atoms with van der Waals surface area (Å²) in [4.78, 5) is 4.76. The van der Waals surface area contributed by atoms with Crippen LogP contribution in [0.3, 0.4) is 0 Å². The fraction of sp³-hybridized carbons (Fsp3) is 0.565. The second-order valence-corrected chi connectivity index (χ2v) is 10.1. The molecule has 4 N–H and O–H groups in total. The van der Waals surface area contributed by atoms with Gasteiger partial charge in [-0.05, 0) is 54.5 Å². The number of anilines is 1. The number of nitrogens with one attached hydrogen (secondary N) is 3. The third kappa shape index (κ3) is 5.20. The summed E-state index contributed by atoms with van der Waals surface area (Å²) in [6.45, 7) is 5.87. The van der Waals surface area contributed by atoms with Crippen LogP contribution in [0.5, 0.6) is 0 Å². The summed E-state index contributed by atoms with van der Waals surface area (Å²) < 4.78 is 56.9. The van der Waals surface area contributed by atoms with E-state index in [-0.39, 0.29) is 30.2 Å². The minimum Gasteiger partial charge on any atom is -0.436 e. The van der Waals surface area contributed by atoms with Crippen LogP contribution in [0.4, 0.5) is 23.2 Å². The van der Waals surface area contributed by atoms with Gasteiger partial charge in [0.25, 0.3) is 5.90 Å². The molecule has 11 heteroatoms. The van der Waals surface area contributed by atoms with E-state index in [1.165, 1.54) is 0 Å². The zero-order valence-corrected chi connectivity index (χ0v) is 19.5.